The van der Waals surface area contributed by atoms with E-state index in [1.807, 2.05) is 4.90 Å². The van der Waals surface area contributed by atoms with Crippen LogP contribution in [-0.4, -0.2) is 46.8 Å². The fraction of sp³-hybridized carbons (Fsp3) is 0.909. The predicted octanol–water partition coefficient (Wildman–Crippen LogP) is 0.554. The quantitative estimate of drug-likeness (QED) is 0.716. The lowest BCUT2D eigenvalue weighted by atomic mass is 9.90. The molecule has 2 rings (SSSR count). The maximum absolute atomic E-state index is 10.6. The number of carboxylic acids is 1. The van der Waals surface area contributed by atoms with Crippen molar-refractivity contribution >= 4 is 5.97 Å². The lowest BCUT2D eigenvalue weighted by Gasteiger charge is -2.35. The van der Waals surface area contributed by atoms with Gasteiger partial charge in [-0.3, -0.25) is 9.69 Å². The zero-order valence-electron chi connectivity index (χ0n) is 8.93. The summed E-state index contributed by atoms with van der Waals surface area (Å²) in [4.78, 5) is 12.5. The van der Waals surface area contributed by atoms with Crippen LogP contribution in [0, 0.1) is 11.8 Å². The number of hydrogen-bond donors (Lipinski definition) is 2. The minimum absolute atomic E-state index is 0.119. The molecule has 0 spiro atoms. The van der Waals surface area contributed by atoms with Crippen LogP contribution in [0.25, 0.3) is 0 Å². The van der Waals surface area contributed by atoms with E-state index in [4.69, 9.17) is 5.11 Å². The summed E-state index contributed by atoms with van der Waals surface area (Å²) >= 11 is 0. The van der Waals surface area contributed by atoms with E-state index in [2.05, 4.69) is 0 Å². The van der Waals surface area contributed by atoms with Crippen LogP contribution in [0.4, 0.5) is 0 Å². The largest absolute Gasteiger partial charge is 0.480 e. The van der Waals surface area contributed by atoms with Gasteiger partial charge in [-0.15, -0.1) is 0 Å². The first-order valence-corrected chi connectivity index (χ1v) is 5.77. The summed E-state index contributed by atoms with van der Waals surface area (Å²) in [6, 6.07) is 0. The molecule has 0 aromatic carbocycles. The topological polar surface area (TPSA) is 60.8 Å². The van der Waals surface area contributed by atoms with Crippen molar-refractivity contribution in [2.24, 2.45) is 11.8 Å². The number of hydrogen-bond acceptors (Lipinski definition) is 3. The molecule has 4 nitrogen and oxygen atoms in total. The number of rotatable bonds is 4. The van der Waals surface area contributed by atoms with Crippen LogP contribution in [0.5, 0.6) is 0 Å². The van der Waals surface area contributed by atoms with Crippen molar-refractivity contribution in [2.45, 2.75) is 31.8 Å². The molecule has 0 amide bonds. The average Bonchev–Trinajstić information content (AvgIpc) is 2.94. The van der Waals surface area contributed by atoms with Crippen molar-refractivity contribution in [3.63, 3.8) is 0 Å². The van der Waals surface area contributed by atoms with Gasteiger partial charge in [-0.25, -0.2) is 0 Å². The van der Waals surface area contributed by atoms with Gasteiger partial charge in [-0.05, 0) is 24.7 Å². The Bertz CT molecular complexity index is 240. The summed E-state index contributed by atoms with van der Waals surface area (Å²) in [5.74, 6) is 0.330. The second kappa shape index (κ2) is 4.49. The van der Waals surface area contributed by atoms with E-state index in [-0.39, 0.29) is 12.6 Å². The van der Waals surface area contributed by atoms with Crippen molar-refractivity contribution in [3.05, 3.63) is 0 Å². The molecular weight excluding hydrogens is 194 g/mol. The Balaban J connectivity index is 1.82. The van der Waals surface area contributed by atoms with Gasteiger partial charge in [0.1, 0.15) is 0 Å². The molecule has 86 valence electrons. The summed E-state index contributed by atoms with van der Waals surface area (Å²) in [6.07, 6.45) is 4.18. The van der Waals surface area contributed by atoms with Crippen LogP contribution in [0.3, 0.4) is 0 Å². The number of piperidine rings is 1. The van der Waals surface area contributed by atoms with E-state index < -0.39 is 5.97 Å². The van der Waals surface area contributed by atoms with E-state index in [1.54, 1.807) is 0 Å². The van der Waals surface area contributed by atoms with Crippen molar-refractivity contribution in [2.75, 3.05) is 19.6 Å². The highest BCUT2D eigenvalue weighted by molar-refractivity contribution is 5.69. The molecule has 0 aromatic rings. The third kappa shape index (κ3) is 3.18. The molecule has 0 bridgehead atoms. The Morgan fingerprint density at radius 3 is 2.67 bits per heavy atom. The summed E-state index contributed by atoms with van der Waals surface area (Å²) in [6.45, 7) is 1.59. The molecule has 0 aromatic heterocycles. The molecule has 1 saturated carbocycles. The van der Waals surface area contributed by atoms with Crippen molar-refractivity contribution in [1.82, 2.24) is 4.90 Å². The Morgan fingerprint density at radius 1 is 1.33 bits per heavy atom. The van der Waals surface area contributed by atoms with Crippen LogP contribution in [0.2, 0.25) is 0 Å². The lowest BCUT2D eigenvalue weighted by molar-refractivity contribution is -0.139. The summed E-state index contributed by atoms with van der Waals surface area (Å²) in [5, 5.41) is 18.5. The molecule has 2 fully saturated rings. The maximum atomic E-state index is 10.6. The number of nitrogens with zero attached hydrogens (tertiary/aromatic N) is 1. The molecule has 2 N–H and O–H groups in total. The Labute approximate surface area is 89.9 Å². The standard InChI is InChI=1S/C11H19NO3/c13-10-3-4-12(7-11(14)15)6-9(10)5-8-1-2-8/h8-10,13H,1-7H2,(H,14,15). The SMILES string of the molecule is O=C(O)CN1CCC(O)C(CC2CC2)C1. The molecule has 1 aliphatic heterocycles. The van der Waals surface area contributed by atoms with E-state index in [9.17, 15) is 9.90 Å². The molecular formula is C11H19NO3. The van der Waals surface area contributed by atoms with Gasteiger partial charge in [0.25, 0.3) is 0 Å². The number of aliphatic carboxylic acids is 1. The van der Waals surface area contributed by atoms with Crippen molar-refractivity contribution in [1.29, 1.82) is 0 Å². The first-order chi connectivity index (χ1) is 7.15. The number of carbonyl (C=O) groups is 1. The first-order valence-electron chi connectivity index (χ1n) is 5.77. The average molecular weight is 213 g/mol. The minimum Gasteiger partial charge on any atom is -0.480 e. The molecule has 2 aliphatic rings. The first kappa shape index (κ1) is 10.9. The fourth-order valence-corrected chi connectivity index (χ4v) is 2.44. The summed E-state index contributed by atoms with van der Waals surface area (Å²) in [5.41, 5.74) is 0. The monoisotopic (exact) mass is 213 g/mol. The van der Waals surface area contributed by atoms with Gasteiger partial charge < -0.3 is 10.2 Å². The van der Waals surface area contributed by atoms with Crippen LogP contribution < -0.4 is 0 Å². The van der Waals surface area contributed by atoms with Crippen LogP contribution in [-0.2, 0) is 4.79 Å². The van der Waals surface area contributed by atoms with Crippen molar-refractivity contribution in [3.8, 4) is 0 Å². The van der Waals surface area contributed by atoms with E-state index >= 15 is 0 Å². The van der Waals surface area contributed by atoms with Gasteiger partial charge in [0.2, 0.25) is 0 Å². The number of likely N-dealkylation sites (tertiary alicyclic amines) is 1. The highest BCUT2D eigenvalue weighted by atomic mass is 16.4. The Morgan fingerprint density at radius 2 is 2.07 bits per heavy atom. The van der Waals surface area contributed by atoms with Gasteiger partial charge in [-0.2, -0.15) is 0 Å². The Hall–Kier alpha value is -0.610. The van der Waals surface area contributed by atoms with Gasteiger partial charge in [0, 0.05) is 13.1 Å². The summed E-state index contributed by atoms with van der Waals surface area (Å²) in [7, 11) is 0. The molecule has 15 heavy (non-hydrogen) atoms. The van der Waals surface area contributed by atoms with Crippen molar-refractivity contribution < 1.29 is 15.0 Å². The number of aliphatic hydroxyl groups is 1. The van der Waals surface area contributed by atoms with E-state index in [1.165, 1.54) is 12.8 Å². The molecule has 2 unspecified atom stereocenters. The third-order valence-corrected chi connectivity index (χ3v) is 3.47. The van der Waals surface area contributed by atoms with Crippen LogP contribution in [0.1, 0.15) is 25.7 Å². The van der Waals surface area contributed by atoms with E-state index in [0.29, 0.717) is 12.5 Å². The zero-order valence-corrected chi connectivity index (χ0v) is 8.93. The zero-order chi connectivity index (χ0) is 10.8. The highest BCUT2D eigenvalue weighted by Gasteiger charge is 2.33. The van der Waals surface area contributed by atoms with E-state index in [0.717, 1.165) is 25.3 Å². The predicted molar refractivity (Wildman–Crippen MR) is 55.5 cm³/mol. The second-order valence-corrected chi connectivity index (χ2v) is 4.92. The smallest absolute Gasteiger partial charge is 0.317 e. The molecule has 1 aliphatic carbocycles. The maximum Gasteiger partial charge on any atom is 0.317 e. The fourth-order valence-electron chi connectivity index (χ4n) is 2.44. The molecule has 2 atom stereocenters. The highest BCUT2D eigenvalue weighted by Crippen LogP contribution is 2.37. The normalized spacial score (nSPS) is 32.9. The van der Waals surface area contributed by atoms with Gasteiger partial charge >= 0.3 is 5.97 Å². The van der Waals surface area contributed by atoms with Gasteiger partial charge in [-0.1, -0.05) is 12.8 Å². The molecule has 4 heteroatoms. The minimum atomic E-state index is -0.767. The molecule has 1 heterocycles. The third-order valence-electron chi connectivity index (χ3n) is 3.47. The Kier molecular flexibility index (Phi) is 3.26. The van der Waals surface area contributed by atoms with Crippen LogP contribution in [0.15, 0.2) is 0 Å². The second-order valence-electron chi connectivity index (χ2n) is 4.92. The van der Waals surface area contributed by atoms with Crippen LogP contribution >= 0.6 is 0 Å². The number of carboxylic acid groups (broad SMARTS) is 1. The molecule has 0 radical (unpaired) electrons. The molecule has 1 saturated heterocycles. The lowest BCUT2D eigenvalue weighted by Crippen LogP contribution is -2.45. The number of aliphatic hydroxyl groups excluding tert-OH is 1. The summed E-state index contributed by atoms with van der Waals surface area (Å²) < 4.78 is 0. The van der Waals surface area contributed by atoms with Gasteiger partial charge in [0.05, 0.1) is 12.6 Å². The van der Waals surface area contributed by atoms with Gasteiger partial charge in [0.15, 0.2) is 0 Å².